The average molecular weight is 457 g/mol. The Kier molecular flexibility index (Phi) is 6.80. The van der Waals surface area contributed by atoms with Gasteiger partial charge in [0.25, 0.3) is 5.69 Å². The van der Waals surface area contributed by atoms with Gasteiger partial charge in [-0.05, 0) is 30.3 Å². The number of nitro groups is 1. The van der Waals surface area contributed by atoms with Crippen LogP contribution < -0.4 is 9.62 Å². The predicted octanol–water partition coefficient (Wildman–Crippen LogP) is 1.25. The molecule has 162 valence electrons. The molecule has 0 aliphatic carbocycles. The van der Waals surface area contributed by atoms with Crippen molar-refractivity contribution in [1.29, 1.82) is 0 Å². The highest BCUT2D eigenvalue weighted by Crippen LogP contribution is 2.22. The lowest BCUT2D eigenvalue weighted by molar-refractivity contribution is -0.384. The van der Waals surface area contributed by atoms with Crippen molar-refractivity contribution < 1.29 is 26.6 Å². The molecule has 0 bridgehead atoms. The molecule has 1 amide bonds. The molecule has 0 aromatic heterocycles. The van der Waals surface area contributed by atoms with E-state index in [1.807, 2.05) is 0 Å². The van der Waals surface area contributed by atoms with Crippen molar-refractivity contribution in [3.8, 4) is 0 Å². The minimum atomic E-state index is -3.89. The first kappa shape index (κ1) is 23.3. The molecule has 0 spiro atoms. The van der Waals surface area contributed by atoms with Crippen LogP contribution in [-0.2, 0) is 24.8 Å². The molecule has 13 heteroatoms. The largest absolute Gasteiger partial charge is 0.324 e. The highest BCUT2D eigenvalue weighted by atomic mass is 32.2. The first-order chi connectivity index (χ1) is 13.8. The van der Waals surface area contributed by atoms with Crippen LogP contribution in [0.2, 0.25) is 0 Å². The Hall–Kier alpha value is -3.03. The SMILES string of the molecule is CN(C)S(=O)(=O)c1ccc(N(CC(=O)Nc2cccc([N+](=O)[O-])c2)S(C)(=O)=O)cc1. The van der Waals surface area contributed by atoms with E-state index in [0.717, 1.165) is 20.9 Å². The van der Waals surface area contributed by atoms with Crippen molar-refractivity contribution in [2.24, 2.45) is 0 Å². The lowest BCUT2D eigenvalue weighted by Crippen LogP contribution is -2.37. The molecule has 0 radical (unpaired) electrons. The van der Waals surface area contributed by atoms with Crippen molar-refractivity contribution >= 4 is 43.0 Å². The molecule has 2 rings (SSSR count). The summed E-state index contributed by atoms with van der Waals surface area (Å²) < 4.78 is 50.5. The monoisotopic (exact) mass is 456 g/mol. The van der Waals surface area contributed by atoms with Gasteiger partial charge in [-0.15, -0.1) is 0 Å². The van der Waals surface area contributed by atoms with E-state index < -0.39 is 37.4 Å². The first-order valence-corrected chi connectivity index (χ1v) is 11.7. The van der Waals surface area contributed by atoms with Crippen LogP contribution in [0.3, 0.4) is 0 Å². The van der Waals surface area contributed by atoms with E-state index >= 15 is 0 Å². The van der Waals surface area contributed by atoms with Crippen LogP contribution in [0.25, 0.3) is 0 Å². The van der Waals surface area contributed by atoms with Gasteiger partial charge in [-0.3, -0.25) is 19.2 Å². The molecule has 1 N–H and O–H groups in total. The molecule has 0 aliphatic rings. The minimum absolute atomic E-state index is 0.0363. The molecule has 2 aromatic rings. The van der Waals surface area contributed by atoms with E-state index in [-0.39, 0.29) is 22.0 Å². The summed E-state index contributed by atoms with van der Waals surface area (Å²) in [5, 5.41) is 13.2. The van der Waals surface area contributed by atoms with Crippen LogP contribution >= 0.6 is 0 Å². The molecule has 0 atom stereocenters. The lowest BCUT2D eigenvalue weighted by atomic mass is 10.3. The van der Waals surface area contributed by atoms with Gasteiger partial charge in [0.05, 0.1) is 21.8 Å². The van der Waals surface area contributed by atoms with Gasteiger partial charge < -0.3 is 5.32 Å². The van der Waals surface area contributed by atoms with Crippen LogP contribution in [0.5, 0.6) is 0 Å². The van der Waals surface area contributed by atoms with E-state index in [1.54, 1.807) is 0 Å². The van der Waals surface area contributed by atoms with Gasteiger partial charge in [0, 0.05) is 31.9 Å². The number of amides is 1. The van der Waals surface area contributed by atoms with Crippen LogP contribution in [0.15, 0.2) is 53.4 Å². The summed E-state index contributed by atoms with van der Waals surface area (Å²) in [6.45, 7) is -0.610. The second-order valence-electron chi connectivity index (χ2n) is 6.41. The number of hydrogen-bond donors (Lipinski definition) is 1. The predicted molar refractivity (Wildman–Crippen MR) is 111 cm³/mol. The number of hydrogen-bond acceptors (Lipinski definition) is 7. The molecule has 11 nitrogen and oxygen atoms in total. The summed E-state index contributed by atoms with van der Waals surface area (Å²) in [6, 6.07) is 10.2. The standard InChI is InChI=1S/C17H20N4O7S2/c1-19(2)30(27,28)16-9-7-14(8-10-16)20(29(3,25)26)12-17(22)18-13-5-4-6-15(11-13)21(23)24/h4-11H,12H2,1-3H3,(H,18,22). The summed E-state index contributed by atoms with van der Waals surface area (Å²) in [5.41, 5.74) is -0.00932. The van der Waals surface area contributed by atoms with Crippen molar-refractivity contribution in [1.82, 2.24) is 4.31 Å². The Morgan fingerprint density at radius 2 is 1.67 bits per heavy atom. The minimum Gasteiger partial charge on any atom is -0.324 e. The van der Waals surface area contributed by atoms with Gasteiger partial charge in [-0.2, -0.15) is 0 Å². The quantitative estimate of drug-likeness (QED) is 0.464. The van der Waals surface area contributed by atoms with Gasteiger partial charge in [0.15, 0.2) is 0 Å². The second-order valence-corrected chi connectivity index (χ2v) is 10.5. The number of non-ortho nitro benzene ring substituents is 1. The molecule has 30 heavy (non-hydrogen) atoms. The fraction of sp³-hybridized carbons (Fsp3) is 0.235. The summed E-state index contributed by atoms with van der Waals surface area (Å²) >= 11 is 0. The van der Waals surface area contributed by atoms with Crippen molar-refractivity contribution in [3.63, 3.8) is 0 Å². The number of anilines is 2. The van der Waals surface area contributed by atoms with Crippen LogP contribution in [0, 0.1) is 10.1 Å². The number of nitro benzene ring substituents is 1. The average Bonchev–Trinajstić information content (AvgIpc) is 2.65. The fourth-order valence-corrected chi connectivity index (χ4v) is 4.18. The molecule has 0 saturated carbocycles. The third-order valence-electron chi connectivity index (χ3n) is 3.93. The van der Waals surface area contributed by atoms with E-state index in [2.05, 4.69) is 5.32 Å². The van der Waals surface area contributed by atoms with E-state index in [1.165, 1.54) is 56.6 Å². The Morgan fingerprint density at radius 1 is 1.07 bits per heavy atom. The van der Waals surface area contributed by atoms with Gasteiger partial charge >= 0.3 is 0 Å². The number of nitrogens with one attached hydrogen (secondary N) is 1. The lowest BCUT2D eigenvalue weighted by Gasteiger charge is -2.22. The Morgan fingerprint density at radius 3 is 2.17 bits per heavy atom. The number of nitrogens with zero attached hydrogens (tertiary/aromatic N) is 3. The number of benzene rings is 2. The maximum Gasteiger partial charge on any atom is 0.271 e. The summed E-state index contributed by atoms with van der Waals surface area (Å²) in [7, 11) is -4.86. The van der Waals surface area contributed by atoms with E-state index in [0.29, 0.717) is 0 Å². The smallest absolute Gasteiger partial charge is 0.271 e. The van der Waals surface area contributed by atoms with Crippen LogP contribution in [0.4, 0.5) is 17.1 Å². The summed E-state index contributed by atoms with van der Waals surface area (Å²) in [5.74, 6) is -0.731. The van der Waals surface area contributed by atoms with Gasteiger partial charge in [0.1, 0.15) is 6.54 Å². The van der Waals surface area contributed by atoms with Crippen LogP contribution in [-0.4, -0.2) is 58.9 Å². The zero-order valence-electron chi connectivity index (χ0n) is 16.3. The Bertz CT molecular complexity index is 1160. The number of carbonyl (C=O) groups is 1. The molecule has 0 fully saturated rings. The number of rotatable bonds is 8. The van der Waals surface area contributed by atoms with Gasteiger partial charge in [0.2, 0.25) is 26.0 Å². The normalized spacial score (nSPS) is 11.9. The zero-order chi connectivity index (χ0) is 22.7. The highest BCUT2D eigenvalue weighted by molar-refractivity contribution is 7.92. The van der Waals surface area contributed by atoms with Crippen LogP contribution in [0.1, 0.15) is 0 Å². The topological polar surface area (TPSA) is 147 Å². The fourth-order valence-electron chi connectivity index (χ4n) is 2.42. The highest BCUT2D eigenvalue weighted by Gasteiger charge is 2.23. The number of carbonyl (C=O) groups excluding carboxylic acids is 1. The molecular weight excluding hydrogens is 436 g/mol. The second kappa shape index (κ2) is 8.77. The first-order valence-electron chi connectivity index (χ1n) is 8.37. The van der Waals surface area contributed by atoms with Crippen molar-refractivity contribution in [2.45, 2.75) is 4.90 Å². The van der Waals surface area contributed by atoms with Gasteiger partial charge in [-0.1, -0.05) is 6.07 Å². The third-order valence-corrected chi connectivity index (χ3v) is 6.90. The molecule has 0 unspecified atom stereocenters. The van der Waals surface area contributed by atoms with Crippen molar-refractivity contribution in [3.05, 3.63) is 58.6 Å². The molecule has 0 saturated heterocycles. The molecular formula is C17H20N4O7S2. The summed E-state index contributed by atoms with van der Waals surface area (Å²) in [6.07, 6.45) is 0.901. The molecule has 2 aromatic carbocycles. The maximum atomic E-state index is 12.3. The van der Waals surface area contributed by atoms with E-state index in [9.17, 15) is 31.7 Å². The number of sulfonamides is 2. The molecule has 0 aliphatic heterocycles. The molecule has 0 heterocycles. The van der Waals surface area contributed by atoms with Gasteiger partial charge in [-0.25, -0.2) is 21.1 Å². The van der Waals surface area contributed by atoms with E-state index in [4.69, 9.17) is 0 Å². The maximum absolute atomic E-state index is 12.3. The summed E-state index contributed by atoms with van der Waals surface area (Å²) in [4.78, 5) is 22.5. The Balaban J connectivity index is 2.26. The zero-order valence-corrected chi connectivity index (χ0v) is 18.0. The van der Waals surface area contributed by atoms with Crippen molar-refractivity contribution in [2.75, 3.05) is 36.5 Å². The Labute approximate surface area is 174 Å². The third kappa shape index (κ3) is 5.52.